The molecule has 0 spiro atoms. The largest absolute Gasteiger partial charge is 0.379 e. The lowest BCUT2D eigenvalue weighted by Crippen LogP contribution is -2.25. The monoisotopic (exact) mass is 285 g/mol. The Morgan fingerprint density at radius 3 is 2.63 bits per heavy atom. The predicted molar refractivity (Wildman–Crippen MR) is 79.0 cm³/mol. The van der Waals surface area contributed by atoms with Crippen molar-refractivity contribution in [1.82, 2.24) is 4.90 Å². The summed E-state index contributed by atoms with van der Waals surface area (Å²) >= 11 is 5.86. The molecule has 6 heteroatoms. The molecule has 0 aliphatic rings. The molecule has 0 bridgehead atoms. The normalized spacial score (nSPS) is 10.7. The molecule has 19 heavy (non-hydrogen) atoms. The van der Waals surface area contributed by atoms with Crippen LogP contribution in [0.4, 0.5) is 11.4 Å². The first-order chi connectivity index (χ1) is 9.08. The van der Waals surface area contributed by atoms with Crippen molar-refractivity contribution in [3.63, 3.8) is 0 Å². The van der Waals surface area contributed by atoms with Crippen LogP contribution in [0.1, 0.15) is 20.3 Å². The summed E-state index contributed by atoms with van der Waals surface area (Å²) in [6.45, 7) is 7.96. The second-order valence-corrected chi connectivity index (χ2v) is 4.66. The van der Waals surface area contributed by atoms with Gasteiger partial charge in [-0.05, 0) is 38.2 Å². The van der Waals surface area contributed by atoms with Gasteiger partial charge in [0.1, 0.15) is 5.69 Å². The zero-order valence-electron chi connectivity index (χ0n) is 11.4. The van der Waals surface area contributed by atoms with E-state index in [1.807, 2.05) is 0 Å². The maximum Gasteiger partial charge on any atom is 0.292 e. The Morgan fingerprint density at radius 2 is 2.05 bits per heavy atom. The number of benzene rings is 1. The molecule has 0 aromatic heterocycles. The number of nitrogens with one attached hydrogen (secondary N) is 1. The summed E-state index contributed by atoms with van der Waals surface area (Å²) < 4.78 is 0. The first kappa shape index (κ1) is 15.7. The molecule has 0 unspecified atom stereocenters. The van der Waals surface area contributed by atoms with Crippen LogP contribution in [-0.4, -0.2) is 36.0 Å². The zero-order valence-corrected chi connectivity index (χ0v) is 12.1. The lowest BCUT2D eigenvalue weighted by molar-refractivity contribution is -0.384. The van der Waals surface area contributed by atoms with Crippen LogP contribution in [-0.2, 0) is 0 Å². The molecule has 0 heterocycles. The molecular weight excluding hydrogens is 266 g/mol. The van der Waals surface area contributed by atoms with E-state index in [9.17, 15) is 10.1 Å². The van der Waals surface area contributed by atoms with Crippen LogP contribution in [0.25, 0.3) is 0 Å². The highest BCUT2D eigenvalue weighted by Crippen LogP contribution is 2.27. The minimum atomic E-state index is -0.400. The van der Waals surface area contributed by atoms with E-state index in [0.29, 0.717) is 17.3 Å². The quantitative estimate of drug-likeness (QED) is 0.452. The van der Waals surface area contributed by atoms with Crippen LogP contribution in [0.2, 0.25) is 5.02 Å². The van der Waals surface area contributed by atoms with Crippen molar-refractivity contribution < 1.29 is 4.92 Å². The first-order valence-corrected chi connectivity index (χ1v) is 6.86. The number of nitro groups is 1. The van der Waals surface area contributed by atoms with E-state index in [4.69, 9.17) is 11.6 Å². The number of anilines is 1. The minimum absolute atomic E-state index is 0.0623. The molecule has 0 saturated carbocycles. The Bertz CT molecular complexity index is 422. The van der Waals surface area contributed by atoms with Gasteiger partial charge in [0, 0.05) is 17.6 Å². The Morgan fingerprint density at radius 1 is 1.37 bits per heavy atom. The van der Waals surface area contributed by atoms with Crippen molar-refractivity contribution in [3.05, 3.63) is 33.3 Å². The van der Waals surface area contributed by atoms with Crippen LogP contribution in [0.15, 0.2) is 18.2 Å². The summed E-state index contributed by atoms with van der Waals surface area (Å²) in [5, 5.41) is 14.5. The summed E-state index contributed by atoms with van der Waals surface area (Å²) in [6.07, 6.45) is 0.936. The molecule has 0 aliphatic heterocycles. The Labute approximate surface area is 118 Å². The van der Waals surface area contributed by atoms with E-state index in [1.54, 1.807) is 6.07 Å². The molecule has 0 aliphatic carbocycles. The van der Waals surface area contributed by atoms with Crippen LogP contribution in [0.3, 0.4) is 0 Å². The summed E-state index contributed by atoms with van der Waals surface area (Å²) in [5.74, 6) is 0. The van der Waals surface area contributed by atoms with Gasteiger partial charge in [-0.3, -0.25) is 10.1 Å². The van der Waals surface area contributed by atoms with Crippen molar-refractivity contribution in [2.45, 2.75) is 20.3 Å². The molecule has 1 aromatic carbocycles. The highest BCUT2D eigenvalue weighted by atomic mass is 35.5. The topological polar surface area (TPSA) is 58.4 Å². The lowest BCUT2D eigenvalue weighted by atomic mass is 10.2. The third-order valence-corrected chi connectivity index (χ3v) is 3.25. The first-order valence-electron chi connectivity index (χ1n) is 6.48. The smallest absolute Gasteiger partial charge is 0.292 e. The van der Waals surface area contributed by atoms with Gasteiger partial charge in [0.15, 0.2) is 0 Å². The summed E-state index contributed by atoms with van der Waals surface area (Å²) in [4.78, 5) is 12.8. The van der Waals surface area contributed by atoms with Gasteiger partial charge in [-0.1, -0.05) is 25.4 Å². The van der Waals surface area contributed by atoms with Crippen LogP contribution < -0.4 is 5.32 Å². The molecule has 1 N–H and O–H groups in total. The molecule has 0 saturated heterocycles. The van der Waals surface area contributed by atoms with Gasteiger partial charge in [-0.25, -0.2) is 0 Å². The molecule has 1 rings (SSSR count). The molecule has 1 aromatic rings. The van der Waals surface area contributed by atoms with Gasteiger partial charge in [-0.2, -0.15) is 0 Å². The van der Waals surface area contributed by atoms with E-state index in [1.165, 1.54) is 12.1 Å². The number of hydrogen-bond donors (Lipinski definition) is 1. The highest BCUT2D eigenvalue weighted by Gasteiger charge is 2.13. The number of hydrogen-bond acceptors (Lipinski definition) is 4. The number of halogens is 1. The third kappa shape index (κ3) is 5.04. The van der Waals surface area contributed by atoms with Crippen molar-refractivity contribution in [1.29, 1.82) is 0 Å². The van der Waals surface area contributed by atoms with Gasteiger partial charge in [0.05, 0.1) is 4.92 Å². The average Bonchev–Trinajstić information content (AvgIpc) is 2.38. The maximum absolute atomic E-state index is 10.9. The van der Waals surface area contributed by atoms with Gasteiger partial charge in [0.2, 0.25) is 0 Å². The lowest BCUT2D eigenvalue weighted by Gasteiger charge is -2.17. The molecule has 0 fully saturated rings. The summed E-state index contributed by atoms with van der Waals surface area (Å²) in [7, 11) is 0. The van der Waals surface area contributed by atoms with Gasteiger partial charge < -0.3 is 10.2 Å². The van der Waals surface area contributed by atoms with Gasteiger partial charge in [0.25, 0.3) is 5.69 Å². The number of nitrogens with zero attached hydrogens (tertiary/aromatic N) is 2. The highest BCUT2D eigenvalue weighted by molar-refractivity contribution is 6.31. The molecule has 0 radical (unpaired) electrons. The SMILES string of the molecule is CCN(CC)CCCNc1cc(Cl)ccc1[N+](=O)[O-]. The van der Waals surface area contributed by atoms with Crippen LogP contribution in [0.5, 0.6) is 0 Å². The van der Waals surface area contributed by atoms with Gasteiger partial charge >= 0.3 is 0 Å². The fourth-order valence-electron chi connectivity index (χ4n) is 1.87. The Kier molecular flexibility index (Phi) is 6.59. The van der Waals surface area contributed by atoms with E-state index < -0.39 is 4.92 Å². The third-order valence-electron chi connectivity index (χ3n) is 3.02. The number of rotatable bonds is 8. The second-order valence-electron chi connectivity index (χ2n) is 4.23. The predicted octanol–water partition coefficient (Wildman–Crippen LogP) is 3.39. The minimum Gasteiger partial charge on any atom is -0.379 e. The van der Waals surface area contributed by atoms with E-state index in [2.05, 4.69) is 24.1 Å². The molecule has 0 atom stereocenters. The fraction of sp³-hybridized carbons (Fsp3) is 0.538. The van der Waals surface area contributed by atoms with E-state index >= 15 is 0 Å². The van der Waals surface area contributed by atoms with Crippen LogP contribution >= 0.6 is 11.6 Å². The zero-order chi connectivity index (χ0) is 14.3. The van der Waals surface area contributed by atoms with Crippen molar-refractivity contribution in [2.75, 3.05) is 31.5 Å². The number of nitro benzene ring substituents is 1. The molecule has 5 nitrogen and oxygen atoms in total. The van der Waals surface area contributed by atoms with Gasteiger partial charge in [-0.15, -0.1) is 0 Å². The van der Waals surface area contributed by atoms with Crippen molar-refractivity contribution in [2.24, 2.45) is 0 Å². The Balaban J connectivity index is 2.53. The summed E-state index contributed by atoms with van der Waals surface area (Å²) in [6, 6.07) is 4.55. The fourth-order valence-corrected chi connectivity index (χ4v) is 2.05. The standard InChI is InChI=1S/C13H20ClN3O2/c1-3-16(4-2)9-5-8-15-12-10-11(14)6-7-13(12)17(18)19/h6-7,10,15H,3-5,8-9H2,1-2H3. The van der Waals surface area contributed by atoms with Crippen molar-refractivity contribution >= 4 is 23.0 Å². The van der Waals surface area contributed by atoms with E-state index in [0.717, 1.165) is 26.1 Å². The molecular formula is C13H20ClN3O2. The summed E-state index contributed by atoms with van der Waals surface area (Å²) in [5.41, 5.74) is 0.546. The van der Waals surface area contributed by atoms with Crippen LogP contribution in [0, 0.1) is 10.1 Å². The molecule has 0 amide bonds. The van der Waals surface area contributed by atoms with E-state index in [-0.39, 0.29) is 5.69 Å². The Hall–Kier alpha value is -1.33. The maximum atomic E-state index is 10.9. The molecule has 106 valence electrons. The average molecular weight is 286 g/mol. The van der Waals surface area contributed by atoms with Crippen molar-refractivity contribution in [3.8, 4) is 0 Å². The second kappa shape index (κ2) is 7.96.